The lowest BCUT2D eigenvalue weighted by molar-refractivity contribution is -0.137. The fraction of sp³-hybridized carbons (Fsp3) is 0.571. The SMILES string of the molecule is Nc1ccccc1CCN(C=O)C1CCN(C(=O)N[C@H](Cc2cc(Cl)c(N)c(C(F)(F)F)c2)C(=O)N2CCC(N3CCCCC3)CC2)CC1. The van der Waals surface area contributed by atoms with E-state index in [9.17, 15) is 27.6 Å². The van der Waals surface area contributed by atoms with Gasteiger partial charge in [0.25, 0.3) is 0 Å². The number of nitrogens with two attached hydrogens (primary N) is 2. The molecule has 10 nitrogen and oxygen atoms in total. The molecule has 2 aromatic rings. The Hall–Kier alpha value is -3.71. The highest BCUT2D eigenvalue weighted by atomic mass is 35.5. The van der Waals surface area contributed by atoms with Crippen molar-refractivity contribution in [2.75, 3.05) is 57.3 Å². The van der Waals surface area contributed by atoms with Crippen molar-refractivity contribution in [2.45, 2.75) is 82.1 Å². The molecule has 0 aromatic heterocycles. The molecule has 2 aromatic carbocycles. The third-order valence-corrected chi connectivity index (χ3v) is 10.6. The Labute approximate surface area is 290 Å². The molecular formula is C35H47ClF3N7O3. The van der Waals surface area contributed by atoms with Crippen LogP contribution in [0.15, 0.2) is 36.4 Å². The summed E-state index contributed by atoms with van der Waals surface area (Å²) in [6.45, 7) is 4.31. The average Bonchev–Trinajstić information content (AvgIpc) is 3.10. The fourth-order valence-electron chi connectivity index (χ4n) is 7.39. The van der Waals surface area contributed by atoms with Crippen LogP contribution in [0.2, 0.25) is 5.02 Å². The number of para-hydroxylation sites is 1. The molecular weight excluding hydrogens is 659 g/mol. The maximum atomic E-state index is 14.0. The van der Waals surface area contributed by atoms with Crippen molar-refractivity contribution in [3.8, 4) is 0 Å². The predicted octanol–water partition coefficient (Wildman–Crippen LogP) is 4.79. The summed E-state index contributed by atoms with van der Waals surface area (Å²) in [5.41, 5.74) is 11.8. The van der Waals surface area contributed by atoms with E-state index in [-0.39, 0.29) is 29.0 Å². The minimum Gasteiger partial charge on any atom is -0.399 e. The second kappa shape index (κ2) is 16.3. The van der Waals surface area contributed by atoms with Gasteiger partial charge in [0.15, 0.2) is 0 Å². The Balaban J connectivity index is 1.24. The van der Waals surface area contributed by atoms with Gasteiger partial charge < -0.3 is 36.4 Å². The zero-order valence-electron chi connectivity index (χ0n) is 27.8. The third kappa shape index (κ3) is 9.30. The van der Waals surface area contributed by atoms with Gasteiger partial charge in [0.05, 0.1) is 16.3 Å². The number of likely N-dealkylation sites (tertiary alicyclic amines) is 3. The van der Waals surface area contributed by atoms with Crippen LogP contribution in [0.4, 0.5) is 29.3 Å². The number of piperidine rings is 3. The molecule has 3 saturated heterocycles. The molecule has 3 heterocycles. The Morgan fingerprint density at radius 2 is 1.61 bits per heavy atom. The smallest absolute Gasteiger partial charge is 0.399 e. The van der Waals surface area contributed by atoms with Crippen molar-refractivity contribution in [1.82, 2.24) is 24.9 Å². The maximum absolute atomic E-state index is 14.0. The van der Waals surface area contributed by atoms with Crippen molar-refractivity contribution in [1.29, 1.82) is 0 Å². The van der Waals surface area contributed by atoms with Crippen LogP contribution < -0.4 is 16.8 Å². The zero-order valence-corrected chi connectivity index (χ0v) is 28.5. The number of nitrogens with zero attached hydrogens (tertiary/aromatic N) is 4. The first kappa shape index (κ1) is 36.6. The Morgan fingerprint density at radius 1 is 0.959 bits per heavy atom. The largest absolute Gasteiger partial charge is 0.418 e. The molecule has 0 bridgehead atoms. The number of benzene rings is 2. The van der Waals surface area contributed by atoms with Gasteiger partial charge in [-0.3, -0.25) is 9.59 Å². The Kier molecular flexibility index (Phi) is 12.2. The maximum Gasteiger partial charge on any atom is 0.418 e. The molecule has 5 rings (SSSR count). The van der Waals surface area contributed by atoms with Gasteiger partial charge >= 0.3 is 12.2 Å². The molecule has 268 valence electrons. The molecule has 0 unspecified atom stereocenters. The number of alkyl halides is 3. The second-order valence-corrected chi connectivity index (χ2v) is 13.8. The number of nitrogen functional groups attached to an aromatic ring is 2. The molecule has 0 spiro atoms. The number of anilines is 2. The number of urea groups is 1. The molecule has 3 aliphatic heterocycles. The Morgan fingerprint density at radius 3 is 2.24 bits per heavy atom. The predicted molar refractivity (Wildman–Crippen MR) is 184 cm³/mol. The lowest BCUT2D eigenvalue weighted by atomic mass is 9.97. The van der Waals surface area contributed by atoms with E-state index in [0.29, 0.717) is 63.7 Å². The van der Waals surface area contributed by atoms with E-state index in [1.807, 2.05) is 24.3 Å². The van der Waals surface area contributed by atoms with Gasteiger partial charge in [-0.05, 0) is 87.4 Å². The van der Waals surface area contributed by atoms with Crippen molar-refractivity contribution in [3.63, 3.8) is 0 Å². The molecule has 14 heteroatoms. The summed E-state index contributed by atoms with van der Waals surface area (Å²) in [5, 5.41) is 2.58. The van der Waals surface area contributed by atoms with Crippen LogP contribution in [-0.4, -0.2) is 102 Å². The van der Waals surface area contributed by atoms with Crippen molar-refractivity contribution >= 4 is 41.3 Å². The normalized spacial score (nSPS) is 19.0. The van der Waals surface area contributed by atoms with Gasteiger partial charge in [-0.1, -0.05) is 36.2 Å². The van der Waals surface area contributed by atoms with E-state index in [1.165, 1.54) is 25.3 Å². The van der Waals surface area contributed by atoms with Crippen LogP contribution in [0.1, 0.15) is 61.6 Å². The van der Waals surface area contributed by atoms with Gasteiger partial charge in [0.2, 0.25) is 12.3 Å². The van der Waals surface area contributed by atoms with Crippen LogP contribution in [0.25, 0.3) is 0 Å². The second-order valence-electron chi connectivity index (χ2n) is 13.4. The molecule has 5 N–H and O–H groups in total. The van der Waals surface area contributed by atoms with Crippen LogP contribution in [-0.2, 0) is 28.6 Å². The molecule has 0 saturated carbocycles. The summed E-state index contributed by atoms with van der Waals surface area (Å²) in [7, 11) is 0. The average molecular weight is 706 g/mol. The fourth-order valence-corrected chi connectivity index (χ4v) is 7.63. The number of halogens is 4. The van der Waals surface area contributed by atoms with E-state index in [0.717, 1.165) is 44.0 Å². The monoisotopic (exact) mass is 705 g/mol. The number of nitrogens with one attached hydrogen (secondary N) is 1. The lowest BCUT2D eigenvalue weighted by Gasteiger charge is -2.41. The number of carbonyl (C=O) groups excluding carboxylic acids is 3. The van der Waals surface area contributed by atoms with E-state index in [1.54, 1.807) is 14.7 Å². The number of hydrogen-bond donors (Lipinski definition) is 3. The molecule has 3 fully saturated rings. The van der Waals surface area contributed by atoms with E-state index in [4.69, 9.17) is 23.1 Å². The third-order valence-electron chi connectivity index (χ3n) is 10.3. The molecule has 49 heavy (non-hydrogen) atoms. The van der Waals surface area contributed by atoms with Gasteiger partial charge in [0, 0.05) is 56.9 Å². The van der Waals surface area contributed by atoms with Crippen molar-refractivity contribution in [3.05, 3.63) is 58.1 Å². The van der Waals surface area contributed by atoms with Gasteiger partial charge in [-0.15, -0.1) is 0 Å². The van der Waals surface area contributed by atoms with Gasteiger partial charge in [-0.2, -0.15) is 13.2 Å². The highest BCUT2D eigenvalue weighted by Crippen LogP contribution is 2.38. The zero-order chi connectivity index (χ0) is 35.1. The first-order valence-electron chi connectivity index (χ1n) is 17.2. The first-order valence-corrected chi connectivity index (χ1v) is 17.6. The molecule has 0 aliphatic carbocycles. The van der Waals surface area contributed by atoms with Crippen LogP contribution in [0, 0.1) is 0 Å². The first-order chi connectivity index (χ1) is 23.4. The molecule has 1 atom stereocenters. The van der Waals surface area contributed by atoms with Crippen molar-refractivity contribution in [2.24, 2.45) is 0 Å². The van der Waals surface area contributed by atoms with Crippen molar-refractivity contribution < 1.29 is 27.6 Å². The number of carbonyl (C=O) groups is 3. The summed E-state index contributed by atoms with van der Waals surface area (Å²) >= 11 is 6.11. The van der Waals surface area contributed by atoms with E-state index in [2.05, 4.69) is 10.2 Å². The van der Waals surface area contributed by atoms with E-state index < -0.39 is 29.5 Å². The minimum absolute atomic E-state index is 0.0668. The quantitative estimate of drug-likeness (QED) is 0.241. The van der Waals surface area contributed by atoms with E-state index >= 15 is 0 Å². The molecule has 3 aliphatic rings. The molecule has 4 amide bonds. The number of rotatable bonds is 10. The van der Waals surface area contributed by atoms with Gasteiger partial charge in [0.1, 0.15) is 6.04 Å². The summed E-state index contributed by atoms with van der Waals surface area (Å²) in [4.78, 5) is 47.1. The summed E-state index contributed by atoms with van der Waals surface area (Å²) in [5.74, 6) is -0.339. The van der Waals surface area contributed by atoms with Crippen LogP contribution >= 0.6 is 11.6 Å². The van der Waals surface area contributed by atoms with Gasteiger partial charge in [-0.25, -0.2) is 4.79 Å². The summed E-state index contributed by atoms with van der Waals surface area (Å²) in [6.07, 6.45) is 2.78. The summed E-state index contributed by atoms with van der Waals surface area (Å²) in [6, 6.07) is 8.48. The highest BCUT2D eigenvalue weighted by Gasteiger charge is 2.37. The Bertz CT molecular complexity index is 1460. The van der Waals surface area contributed by atoms with Crippen LogP contribution in [0.5, 0.6) is 0 Å². The topological polar surface area (TPSA) is 128 Å². The molecule has 0 radical (unpaired) electrons. The van der Waals surface area contributed by atoms with Crippen LogP contribution in [0.3, 0.4) is 0 Å². The highest BCUT2D eigenvalue weighted by molar-refractivity contribution is 6.33. The summed E-state index contributed by atoms with van der Waals surface area (Å²) < 4.78 is 41.3. The minimum atomic E-state index is -4.74. The number of hydrogen-bond acceptors (Lipinski definition) is 6. The standard InChI is InChI=1S/C35H47ClF3N7O3/c36-29-21-24(20-28(32(29)41)35(37,38)39)22-31(33(48)44-16-9-26(10-17-44)43-13-4-1-5-14-43)42-34(49)45-18-11-27(12-19-45)46(23-47)15-8-25-6-2-3-7-30(25)40/h2-3,6-7,20-21,23,26-27,31H,1,4-5,8-19,22,40-41H2,(H,42,49)/t31-/m1/s1. The lowest BCUT2D eigenvalue weighted by Crippen LogP contribution is -2.57. The number of amides is 4.